The van der Waals surface area contributed by atoms with E-state index in [0.717, 1.165) is 9.54 Å². The topological polar surface area (TPSA) is 94.4 Å². The van der Waals surface area contributed by atoms with Gasteiger partial charge >= 0.3 is 6.09 Å². The fraction of sp³-hybridized carbons (Fsp3) is 0.409. The van der Waals surface area contributed by atoms with Gasteiger partial charge in [0.15, 0.2) is 11.5 Å². The summed E-state index contributed by atoms with van der Waals surface area (Å²) >= 11 is 0. The van der Waals surface area contributed by atoms with E-state index in [9.17, 15) is 13.2 Å². The molecule has 0 atom stereocenters. The van der Waals surface area contributed by atoms with Gasteiger partial charge in [0.25, 0.3) is 10.0 Å². The summed E-state index contributed by atoms with van der Waals surface area (Å²) in [4.78, 5) is 22.3. The number of hydrogen-bond acceptors (Lipinski definition) is 6. The van der Waals surface area contributed by atoms with Crippen LogP contribution in [0.2, 0.25) is 0 Å². The van der Waals surface area contributed by atoms with Gasteiger partial charge in [-0.15, -0.1) is 0 Å². The van der Waals surface area contributed by atoms with Crippen LogP contribution < -0.4 is 4.90 Å². The van der Waals surface area contributed by atoms with E-state index in [-0.39, 0.29) is 21.8 Å². The normalized spacial score (nSPS) is 12.7. The van der Waals surface area contributed by atoms with E-state index in [2.05, 4.69) is 30.7 Å². The average molecular weight is 445 g/mol. The number of anilines is 1. The van der Waals surface area contributed by atoms with E-state index in [4.69, 9.17) is 4.74 Å². The summed E-state index contributed by atoms with van der Waals surface area (Å²) in [5.74, 6) is 0.256. The molecule has 0 bridgehead atoms. The maximum atomic E-state index is 13.2. The number of hydrogen-bond donors (Lipinski definition) is 0. The van der Waals surface area contributed by atoms with Crippen LogP contribution in [0.25, 0.3) is 11.2 Å². The standard InChI is InChI=1S/C22H28N4O4S/c1-21(2,3)15-8-10-16(11-9-15)31(28,29)26-13-12-17-19(26)23-14-18(24-17)25(7)20(27)30-22(4,5)6/h8-14H,1-7H3. The lowest BCUT2D eigenvalue weighted by atomic mass is 9.87. The van der Waals surface area contributed by atoms with Gasteiger partial charge in [-0.05, 0) is 49.9 Å². The minimum absolute atomic E-state index is 0.0789. The molecule has 2 aromatic heterocycles. The van der Waals surface area contributed by atoms with Gasteiger partial charge in [0.2, 0.25) is 0 Å². The van der Waals surface area contributed by atoms with Crippen molar-refractivity contribution >= 4 is 33.1 Å². The van der Waals surface area contributed by atoms with E-state index in [1.807, 2.05) is 12.1 Å². The third kappa shape index (κ3) is 4.71. The van der Waals surface area contributed by atoms with Gasteiger partial charge in [0.1, 0.15) is 11.1 Å². The third-order valence-corrected chi connectivity index (χ3v) is 6.31. The SMILES string of the molecule is CN(C(=O)OC(C)(C)C)c1cnc2c(ccn2S(=O)(=O)c2ccc(C(C)(C)C)cc2)n1. The van der Waals surface area contributed by atoms with Crippen molar-refractivity contribution in [3.8, 4) is 0 Å². The van der Waals surface area contributed by atoms with Gasteiger partial charge in [0, 0.05) is 13.2 Å². The molecule has 0 aliphatic carbocycles. The highest BCUT2D eigenvalue weighted by molar-refractivity contribution is 7.90. The van der Waals surface area contributed by atoms with E-state index in [1.165, 1.54) is 24.3 Å². The highest BCUT2D eigenvalue weighted by atomic mass is 32.2. The van der Waals surface area contributed by atoms with Gasteiger partial charge in [0.05, 0.1) is 11.1 Å². The highest BCUT2D eigenvalue weighted by Gasteiger charge is 2.24. The molecule has 1 amide bonds. The van der Waals surface area contributed by atoms with E-state index in [1.54, 1.807) is 39.0 Å². The molecule has 0 saturated carbocycles. The van der Waals surface area contributed by atoms with Gasteiger partial charge in [-0.1, -0.05) is 32.9 Å². The quantitative estimate of drug-likeness (QED) is 0.597. The van der Waals surface area contributed by atoms with Crippen LogP contribution in [0.15, 0.2) is 47.6 Å². The molecule has 0 aliphatic rings. The number of fused-ring (bicyclic) bond motifs is 1. The van der Waals surface area contributed by atoms with Crippen LogP contribution in [0.4, 0.5) is 10.6 Å². The number of rotatable bonds is 3. The molecule has 0 aliphatic heterocycles. The maximum Gasteiger partial charge on any atom is 0.415 e. The number of aromatic nitrogens is 3. The molecule has 0 unspecified atom stereocenters. The second kappa shape index (κ2) is 7.64. The summed E-state index contributed by atoms with van der Waals surface area (Å²) in [5.41, 5.74) is 0.843. The Morgan fingerprint density at radius 1 is 1.03 bits per heavy atom. The Kier molecular flexibility index (Phi) is 5.60. The molecule has 0 N–H and O–H groups in total. The highest BCUT2D eigenvalue weighted by Crippen LogP contribution is 2.26. The van der Waals surface area contributed by atoms with Crippen LogP contribution in [0, 0.1) is 0 Å². The van der Waals surface area contributed by atoms with Crippen molar-refractivity contribution in [2.24, 2.45) is 0 Å². The van der Waals surface area contributed by atoms with Crippen molar-refractivity contribution in [2.75, 3.05) is 11.9 Å². The Morgan fingerprint density at radius 3 is 2.19 bits per heavy atom. The monoisotopic (exact) mass is 444 g/mol. The molecule has 8 nitrogen and oxygen atoms in total. The van der Waals surface area contributed by atoms with E-state index in [0.29, 0.717) is 5.52 Å². The van der Waals surface area contributed by atoms with Crippen molar-refractivity contribution in [1.82, 2.24) is 13.9 Å². The van der Waals surface area contributed by atoms with Crippen LogP contribution >= 0.6 is 0 Å². The molecule has 31 heavy (non-hydrogen) atoms. The number of ether oxygens (including phenoxy) is 1. The zero-order valence-electron chi connectivity index (χ0n) is 18.9. The lowest BCUT2D eigenvalue weighted by Crippen LogP contribution is -2.34. The van der Waals surface area contributed by atoms with Crippen LogP contribution in [-0.4, -0.2) is 41.1 Å². The van der Waals surface area contributed by atoms with Gasteiger partial charge in [-0.3, -0.25) is 4.90 Å². The smallest absolute Gasteiger partial charge is 0.415 e. The number of carbonyl (C=O) groups is 1. The van der Waals surface area contributed by atoms with Crippen LogP contribution in [0.5, 0.6) is 0 Å². The summed E-state index contributed by atoms with van der Waals surface area (Å²) in [6.07, 6.45) is 2.18. The van der Waals surface area contributed by atoms with Gasteiger partial charge in [-0.25, -0.2) is 27.2 Å². The van der Waals surface area contributed by atoms with Crippen LogP contribution in [0.1, 0.15) is 47.1 Å². The Balaban J connectivity index is 1.95. The molecular weight excluding hydrogens is 416 g/mol. The third-order valence-electron chi connectivity index (χ3n) is 4.63. The lowest BCUT2D eigenvalue weighted by Gasteiger charge is -2.23. The minimum Gasteiger partial charge on any atom is -0.443 e. The first kappa shape index (κ1) is 22.7. The van der Waals surface area contributed by atoms with Crippen LogP contribution in [0.3, 0.4) is 0 Å². The first-order valence-corrected chi connectivity index (χ1v) is 11.3. The first-order chi connectivity index (χ1) is 14.2. The average Bonchev–Trinajstić information content (AvgIpc) is 3.09. The predicted octanol–water partition coefficient (Wildman–Crippen LogP) is 4.34. The molecule has 0 fully saturated rings. The lowest BCUT2D eigenvalue weighted by molar-refractivity contribution is 0.0588. The summed E-state index contributed by atoms with van der Waals surface area (Å²) in [5, 5.41) is 0. The second-order valence-electron chi connectivity index (χ2n) is 9.37. The van der Waals surface area contributed by atoms with Crippen molar-refractivity contribution in [3.05, 3.63) is 48.3 Å². The molecule has 2 heterocycles. The molecule has 1 aromatic carbocycles. The Hall–Kier alpha value is -2.94. The van der Waals surface area contributed by atoms with Crippen molar-refractivity contribution in [1.29, 1.82) is 0 Å². The zero-order valence-corrected chi connectivity index (χ0v) is 19.7. The largest absolute Gasteiger partial charge is 0.443 e. The molecule has 0 saturated heterocycles. The number of carbonyl (C=O) groups excluding carboxylic acids is 1. The molecule has 0 radical (unpaired) electrons. The molecule has 3 aromatic rings. The molecule has 9 heteroatoms. The Morgan fingerprint density at radius 2 is 1.65 bits per heavy atom. The summed E-state index contributed by atoms with van der Waals surface area (Å²) in [6, 6.07) is 8.38. The van der Waals surface area contributed by atoms with E-state index < -0.39 is 21.7 Å². The number of amides is 1. The van der Waals surface area contributed by atoms with Gasteiger partial charge in [-0.2, -0.15) is 0 Å². The minimum atomic E-state index is -3.85. The fourth-order valence-electron chi connectivity index (χ4n) is 2.90. The summed E-state index contributed by atoms with van der Waals surface area (Å²) in [7, 11) is -2.33. The molecule has 0 spiro atoms. The fourth-order valence-corrected chi connectivity index (χ4v) is 4.19. The first-order valence-electron chi connectivity index (χ1n) is 9.87. The number of benzene rings is 1. The van der Waals surface area contributed by atoms with Crippen LogP contribution in [-0.2, 0) is 20.2 Å². The molecule has 166 valence electrons. The predicted molar refractivity (Wildman–Crippen MR) is 120 cm³/mol. The second-order valence-corrected chi connectivity index (χ2v) is 11.2. The van der Waals surface area contributed by atoms with Crippen molar-refractivity contribution < 1.29 is 17.9 Å². The Bertz CT molecular complexity index is 1220. The van der Waals surface area contributed by atoms with Gasteiger partial charge < -0.3 is 4.74 Å². The summed E-state index contributed by atoms with van der Waals surface area (Å²) < 4.78 is 32.8. The van der Waals surface area contributed by atoms with E-state index >= 15 is 0 Å². The van der Waals surface area contributed by atoms with Crippen molar-refractivity contribution in [2.45, 2.75) is 57.5 Å². The Labute approximate surface area is 182 Å². The number of nitrogens with zero attached hydrogens (tertiary/aromatic N) is 4. The molecular formula is C22H28N4O4S. The summed E-state index contributed by atoms with van der Waals surface area (Å²) in [6.45, 7) is 11.5. The molecule has 3 rings (SSSR count). The van der Waals surface area contributed by atoms with Crippen molar-refractivity contribution in [3.63, 3.8) is 0 Å². The zero-order chi connectivity index (χ0) is 23.2. The maximum absolute atomic E-state index is 13.2.